The first-order valence-electron chi connectivity index (χ1n) is 15.7. The number of carbonyl (C=O) groups is 2. The number of ether oxygens (including phenoxy) is 2. The molecular weight excluding hydrogens is 709 g/mol. The summed E-state index contributed by atoms with van der Waals surface area (Å²) in [7, 11) is -4.00. The van der Waals surface area contributed by atoms with E-state index < -0.39 is 22.0 Å². The molecule has 3 N–H and O–H groups in total. The normalized spacial score (nSPS) is 11.3. The van der Waals surface area contributed by atoms with Crippen LogP contribution in [0.1, 0.15) is 34.6 Å². The Kier molecular flexibility index (Phi) is 10.1. The highest BCUT2D eigenvalue weighted by atomic mass is 32.2. The third-order valence-corrected chi connectivity index (χ3v) is 11.3. The molecule has 0 aliphatic carbocycles. The summed E-state index contributed by atoms with van der Waals surface area (Å²) in [5.41, 5.74) is 6.36. The van der Waals surface area contributed by atoms with Gasteiger partial charge in [-0.2, -0.15) is 0 Å². The molecule has 0 saturated heterocycles. The first kappa shape index (κ1) is 35.2. The van der Waals surface area contributed by atoms with Gasteiger partial charge in [0.1, 0.15) is 0 Å². The maximum atomic E-state index is 13.1. The summed E-state index contributed by atoms with van der Waals surface area (Å²) < 4.78 is 41.3. The van der Waals surface area contributed by atoms with E-state index in [2.05, 4.69) is 4.72 Å². The monoisotopic (exact) mass is 738 g/mol. The van der Waals surface area contributed by atoms with Gasteiger partial charge in [-0.3, -0.25) is 14.3 Å². The highest BCUT2D eigenvalue weighted by molar-refractivity contribution is 7.92. The van der Waals surface area contributed by atoms with Gasteiger partial charge < -0.3 is 15.2 Å². The third kappa shape index (κ3) is 7.17. The average Bonchev–Trinajstić information content (AvgIpc) is 3.11. The molecule has 7 aromatic rings. The summed E-state index contributed by atoms with van der Waals surface area (Å²) in [6.07, 6.45) is 0. The molecule has 0 saturated carbocycles. The molecule has 0 aliphatic rings. The van der Waals surface area contributed by atoms with Gasteiger partial charge in [-0.15, -0.1) is 22.7 Å². The fourth-order valence-electron chi connectivity index (χ4n) is 5.46. The minimum atomic E-state index is -4.00. The number of nitrogens with one attached hydrogen (secondary N) is 1. The topological polar surface area (TPSA) is 159 Å². The zero-order chi connectivity index (χ0) is 36.3. The van der Waals surface area contributed by atoms with E-state index in [4.69, 9.17) is 15.2 Å². The first-order valence-corrected chi connectivity index (χ1v) is 18.8. The Morgan fingerprint density at radius 2 is 1.12 bits per heavy atom. The second kappa shape index (κ2) is 14.7. The van der Waals surface area contributed by atoms with Crippen LogP contribution in [0.5, 0.6) is 0 Å². The van der Waals surface area contributed by atoms with Crippen molar-refractivity contribution in [3.05, 3.63) is 135 Å². The van der Waals surface area contributed by atoms with Gasteiger partial charge in [0.05, 0.1) is 40.0 Å². The van der Waals surface area contributed by atoms with E-state index in [-0.39, 0.29) is 45.5 Å². The number of hydrogen-bond donors (Lipinski definition) is 2. The second-order valence-electron chi connectivity index (χ2n) is 11.1. The lowest BCUT2D eigenvalue weighted by Gasteiger charge is -2.12. The summed E-state index contributed by atoms with van der Waals surface area (Å²) in [4.78, 5) is 50.4. The molecule has 2 aromatic heterocycles. The summed E-state index contributed by atoms with van der Waals surface area (Å²) >= 11 is 2.69. The Labute approximate surface area is 299 Å². The van der Waals surface area contributed by atoms with Crippen LogP contribution in [0.3, 0.4) is 0 Å². The number of para-hydroxylation sites is 1. The molecule has 0 fully saturated rings. The lowest BCUT2D eigenvalue weighted by Crippen LogP contribution is -2.16. The van der Waals surface area contributed by atoms with Crippen molar-refractivity contribution in [2.75, 3.05) is 23.7 Å². The van der Waals surface area contributed by atoms with Gasteiger partial charge in [0.15, 0.2) is 10.9 Å². The quantitative estimate of drug-likeness (QED) is 0.0956. The fourth-order valence-corrected chi connectivity index (χ4v) is 8.95. The molecule has 0 unspecified atom stereocenters. The van der Waals surface area contributed by atoms with Crippen molar-refractivity contribution in [1.82, 2.24) is 0 Å². The molecule has 0 amide bonds. The largest absolute Gasteiger partial charge is 0.462 e. The van der Waals surface area contributed by atoms with Gasteiger partial charge in [0.2, 0.25) is 0 Å². The van der Waals surface area contributed by atoms with Gasteiger partial charge in [-0.05, 0) is 74.5 Å². The minimum absolute atomic E-state index is 0.0604. The Balaban J connectivity index is 0.000000187. The summed E-state index contributed by atoms with van der Waals surface area (Å²) in [5.74, 6) is -1.26. The lowest BCUT2D eigenvalue weighted by atomic mass is 10.1. The van der Waals surface area contributed by atoms with Crippen LogP contribution in [0.2, 0.25) is 0 Å². The summed E-state index contributed by atoms with van der Waals surface area (Å²) in [5, 5.41) is 1.62. The predicted molar refractivity (Wildman–Crippen MR) is 205 cm³/mol. The van der Waals surface area contributed by atoms with E-state index in [1.807, 2.05) is 18.2 Å². The van der Waals surface area contributed by atoms with Crippen LogP contribution in [0.25, 0.3) is 40.3 Å². The van der Waals surface area contributed by atoms with Crippen molar-refractivity contribution < 1.29 is 27.5 Å². The van der Waals surface area contributed by atoms with Crippen molar-refractivity contribution in [1.29, 1.82) is 0 Å². The number of anilines is 2. The highest BCUT2D eigenvalue weighted by Crippen LogP contribution is 2.31. The zero-order valence-electron chi connectivity index (χ0n) is 27.3. The number of hydrogen-bond acceptors (Lipinski definition) is 11. The molecule has 0 atom stereocenters. The first-order chi connectivity index (χ1) is 24.5. The average molecular weight is 739 g/mol. The smallest absolute Gasteiger partial charge is 0.338 e. The van der Waals surface area contributed by atoms with Gasteiger partial charge >= 0.3 is 11.9 Å². The number of esters is 2. The maximum Gasteiger partial charge on any atom is 0.338 e. The number of sulfonamides is 1. The molecule has 10 nitrogen and oxygen atoms in total. The van der Waals surface area contributed by atoms with Gasteiger partial charge in [-0.25, -0.2) is 18.0 Å². The predicted octanol–water partition coefficient (Wildman–Crippen LogP) is 7.57. The molecule has 258 valence electrons. The molecular formula is C38H30N2O8S3. The van der Waals surface area contributed by atoms with Crippen molar-refractivity contribution in [2.45, 2.75) is 18.7 Å². The summed E-state index contributed by atoms with van der Waals surface area (Å²) in [6.45, 7) is 3.72. The van der Waals surface area contributed by atoms with Crippen molar-refractivity contribution in [3.63, 3.8) is 0 Å². The Morgan fingerprint density at radius 1 is 0.647 bits per heavy atom. The van der Waals surface area contributed by atoms with E-state index >= 15 is 0 Å². The maximum absolute atomic E-state index is 13.1. The second-order valence-corrected chi connectivity index (χ2v) is 14.9. The zero-order valence-corrected chi connectivity index (χ0v) is 29.7. The van der Waals surface area contributed by atoms with Crippen LogP contribution in [0.15, 0.2) is 118 Å². The number of carbonyl (C=O) groups excluding carboxylic acids is 2. The van der Waals surface area contributed by atoms with Crippen molar-refractivity contribution in [2.24, 2.45) is 0 Å². The van der Waals surface area contributed by atoms with Crippen LogP contribution >= 0.6 is 22.7 Å². The van der Waals surface area contributed by atoms with Gasteiger partial charge in [0, 0.05) is 40.9 Å². The van der Waals surface area contributed by atoms with Crippen LogP contribution in [0, 0.1) is 0 Å². The number of benzene rings is 5. The van der Waals surface area contributed by atoms with E-state index in [9.17, 15) is 27.6 Å². The Bertz CT molecular complexity index is 2710. The number of nitrogen functional groups attached to an aromatic ring is 1. The molecule has 51 heavy (non-hydrogen) atoms. The van der Waals surface area contributed by atoms with E-state index in [1.165, 1.54) is 40.9 Å². The molecule has 13 heteroatoms. The Morgan fingerprint density at radius 3 is 1.65 bits per heavy atom. The molecule has 0 bridgehead atoms. The SMILES string of the molecule is CCOC(=O)c1cc(N)cc2sc3ccccc3c(=O)c12.CCOC(=O)c1cc(S(=O)(=O)Nc2ccccc2)cc2sc3ccccc3c(=O)c12. The third-order valence-electron chi connectivity index (χ3n) is 7.68. The van der Waals surface area contributed by atoms with Gasteiger partial charge in [0.25, 0.3) is 10.0 Å². The molecule has 0 radical (unpaired) electrons. The van der Waals surface area contributed by atoms with Crippen LogP contribution < -0.4 is 21.3 Å². The van der Waals surface area contributed by atoms with Gasteiger partial charge in [-0.1, -0.05) is 42.5 Å². The minimum Gasteiger partial charge on any atom is -0.462 e. The summed E-state index contributed by atoms with van der Waals surface area (Å²) in [6, 6.07) is 28.6. The standard InChI is InChI=1S/C22H17NO5S2.C16H13NO3S/c1-2-28-22(25)17-12-15(30(26,27)23-14-8-4-3-5-9-14)13-19-20(17)21(24)16-10-6-7-11-18(16)29-19;1-2-20-16(19)11-7-9(17)8-13-14(11)15(18)10-5-3-4-6-12(10)21-13/h3-13,23H,2H2,1H3;3-8H,2,17H2,1H3. The fraction of sp³-hybridized carbons (Fsp3) is 0.105. The number of rotatable bonds is 7. The Hall–Kier alpha value is -5.63. The molecule has 2 heterocycles. The van der Waals surface area contributed by atoms with Crippen molar-refractivity contribution >= 4 is 96.4 Å². The molecule has 5 aromatic carbocycles. The number of nitrogens with two attached hydrogens (primary N) is 1. The van der Waals surface area contributed by atoms with Crippen LogP contribution in [-0.4, -0.2) is 33.6 Å². The lowest BCUT2D eigenvalue weighted by molar-refractivity contribution is 0.0519. The highest BCUT2D eigenvalue weighted by Gasteiger charge is 2.23. The molecule has 7 rings (SSSR count). The van der Waals surface area contributed by atoms with E-state index in [0.717, 1.165) is 4.70 Å². The van der Waals surface area contributed by atoms with Crippen molar-refractivity contribution in [3.8, 4) is 0 Å². The van der Waals surface area contributed by atoms with Crippen LogP contribution in [0.4, 0.5) is 11.4 Å². The van der Waals surface area contributed by atoms with E-state index in [1.54, 1.807) is 80.6 Å². The number of fused-ring (bicyclic) bond motifs is 4. The molecule has 0 spiro atoms. The van der Waals surface area contributed by atoms with Crippen LogP contribution in [-0.2, 0) is 19.5 Å². The van der Waals surface area contributed by atoms with E-state index in [0.29, 0.717) is 41.6 Å². The molecule has 0 aliphatic heterocycles.